The molecule has 9 nitrogen and oxygen atoms in total. The van der Waals surface area contributed by atoms with Crippen LogP contribution in [-0.4, -0.2) is 65.6 Å². The Bertz CT molecular complexity index is 996. The quantitative estimate of drug-likeness (QED) is 0.152. The largest absolute Gasteiger partial charge is 0.500 e. The predicted molar refractivity (Wildman–Crippen MR) is 145 cm³/mol. The Morgan fingerprint density at radius 3 is 2.19 bits per heavy atom. The first-order chi connectivity index (χ1) is 17.9. The lowest BCUT2D eigenvalue weighted by atomic mass is 10.0. The van der Waals surface area contributed by atoms with Crippen LogP contribution >= 0.6 is 0 Å². The van der Waals surface area contributed by atoms with Crippen LogP contribution in [0.3, 0.4) is 0 Å². The Morgan fingerprint density at radius 2 is 1.54 bits per heavy atom. The minimum absolute atomic E-state index is 0.296. The van der Waals surface area contributed by atoms with Crippen molar-refractivity contribution in [1.29, 1.82) is 0 Å². The number of amides is 1. The molecule has 0 bridgehead atoms. The summed E-state index contributed by atoms with van der Waals surface area (Å²) in [6.07, 6.45) is 4.30. The Morgan fingerprint density at radius 1 is 0.892 bits per heavy atom. The van der Waals surface area contributed by atoms with Crippen LogP contribution in [0.5, 0.6) is 5.75 Å². The zero-order valence-corrected chi connectivity index (χ0v) is 23.0. The maximum Gasteiger partial charge on any atom is 0.500 e. The van der Waals surface area contributed by atoms with Gasteiger partial charge in [-0.25, -0.2) is 9.59 Å². The third-order valence-electron chi connectivity index (χ3n) is 5.37. The molecule has 37 heavy (non-hydrogen) atoms. The van der Waals surface area contributed by atoms with Crippen molar-refractivity contribution in [2.45, 2.75) is 46.1 Å². The average Bonchev–Trinajstić information content (AvgIpc) is 2.88. The second kappa shape index (κ2) is 16.7. The lowest BCUT2D eigenvalue weighted by Crippen LogP contribution is -2.46. The first kappa shape index (κ1) is 30.3. The van der Waals surface area contributed by atoms with Gasteiger partial charge in [-0.15, -0.1) is 0 Å². The third kappa shape index (κ3) is 10.5. The van der Waals surface area contributed by atoms with E-state index in [0.717, 1.165) is 28.2 Å². The molecule has 0 radical (unpaired) electrons. The number of rotatable bonds is 18. The summed E-state index contributed by atoms with van der Waals surface area (Å²) in [6.45, 7) is 8.55. The predicted octanol–water partition coefficient (Wildman–Crippen LogP) is 5.26. The number of carboxylic acid groups (broad SMARTS) is 1. The van der Waals surface area contributed by atoms with E-state index in [4.69, 9.17) is 27.9 Å². The molecule has 2 N–H and O–H groups in total. The maximum absolute atomic E-state index is 12.0. The molecule has 0 aliphatic rings. The first-order valence-corrected chi connectivity index (χ1v) is 14.8. The van der Waals surface area contributed by atoms with Gasteiger partial charge in [-0.1, -0.05) is 30.3 Å². The lowest BCUT2D eigenvalue weighted by molar-refractivity contribution is -0.131. The molecule has 2 rings (SSSR count). The van der Waals surface area contributed by atoms with Gasteiger partial charge in [0.05, 0.1) is 13.2 Å². The first-order valence-electron chi connectivity index (χ1n) is 12.8. The second-order valence-electron chi connectivity index (χ2n) is 8.07. The van der Waals surface area contributed by atoms with E-state index in [2.05, 4.69) is 5.32 Å². The van der Waals surface area contributed by atoms with Gasteiger partial charge >= 0.3 is 20.9 Å². The zero-order chi connectivity index (χ0) is 26.9. The van der Waals surface area contributed by atoms with Crippen molar-refractivity contribution in [1.82, 2.24) is 5.32 Å². The molecule has 1 amide bonds. The lowest BCUT2D eigenvalue weighted by Gasteiger charge is -2.28. The molecule has 0 saturated heterocycles. The number of carboxylic acids is 1. The van der Waals surface area contributed by atoms with Crippen molar-refractivity contribution < 1.29 is 37.4 Å². The van der Waals surface area contributed by atoms with Crippen LogP contribution in [0.4, 0.5) is 4.79 Å². The molecule has 0 atom stereocenters. The minimum atomic E-state index is -2.70. The summed E-state index contributed by atoms with van der Waals surface area (Å²) >= 11 is 0. The monoisotopic (exact) mass is 533 g/mol. The number of hydrogen-bond acceptors (Lipinski definition) is 7. The van der Waals surface area contributed by atoms with Crippen molar-refractivity contribution in [3.05, 3.63) is 48.0 Å². The molecule has 0 saturated carbocycles. The van der Waals surface area contributed by atoms with Crippen LogP contribution in [0, 0.1) is 0 Å². The van der Waals surface area contributed by atoms with E-state index in [1.807, 2.05) is 57.2 Å². The standard InChI is InChI=1S/C27H39NO8Si/c1-4-34-37(35-5-2,36-6-3)21-11-18-28-27(31)33-20-10-9-19-32-25-16-14-22(15-17-26(29)30)23-12-7-8-13-24(23)25/h7-8,12-17H,4-6,9-11,18-21H2,1-3H3,(H,28,31)(H,29,30)/b17-15+. The topological polar surface area (TPSA) is 113 Å². The highest BCUT2D eigenvalue weighted by atomic mass is 28.4. The summed E-state index contributed by atoms with van der Waals surface area (Å²) in [5.74, 6) is -0.263. The smallest absolute Gasteiger partial charge is 0.493 e. The van der Waals surface area contributed by atoms with Crippen LogP contribution in [0.15, 0.2) is 42.5 Å². The van der Waals surface area contributed by atoms with E-state index in [9.17, 15) is 9.59 Å². The molecule has 0 heterocycles. The van der Waals surface area contributed by atoms with Crippen molar-refractivity contribution in [2.24, 2.45) is 0 Å². The Balaban J connectivity index is 1.69. The molecule has 2 aromatic rings. The van der Waals surface area contributed by atoms with Gasteiger partial charge < -0.3 is 33.2 Å². The van der Waals surface area contributed by atoms with Gasteiger partial charge in [0.1, 0.15) is 5.75 Å². The van der Waals surface area contributed by atoms with Gasteiger partial charge in [0, 0.05) is 43.9 Å². The highest BCUT2D eigenvalue weighted by Crippen LogP contribution is 2.29. The summed E-state index contributed by atoms with van der Waals surface area (Å²) in [7, 11) is -2.70. The normalized spacial score (nSPS) is 11.6. The number of fused-ring (bicyclic) bond motifs is 1. The number of unbranched alkanes of at least 4 members (excludes halogenated alkanes) is 1. The molecular weight excluding hydrogens is 494 g/mol. The fraction of sp³-hybridized carbons (Fsp3) is 0.481. The highest BCUT2D eigenvalue weighted by molar-refractivity contribution is 6.60. The molecule has 0 unspecified atom stereocenters. The van der Waals surface area contributed by atoms with Gasteiger partial charge in [-0.05, 0) is 63.1 Å². The second-order valence-corrected chi connectivity index (χ2v) is 10.8. The fourth-order valence-electron chi connectivity index (χ4n) is 3.83. The molecule has 0 aliphatic carbocycles. The number of benzene rings is 2. The molecule has 10 heteroatoms. The molecule has 0 spiro atoms. The molecule has 2 aromatic carbocycles. The number of carbonyl (C=O) groups is 2. The zero-order valence-electron chi connectivity index (χ0n) is 22.0. The van der Waals surface area contributed by atoms with E-state index < -0.39 is 20.9 Å². The van der Waals surface area contributed by atoms with E-state index in [-0.39, 0.29) is 0 Å². The molecular formula is C27H39NO8Si. The van der Waals surface area contributed by atoms with Crippen LogP contribution < -0.4 is 10.1 Å². The number of carbonyl (C=O) groups excluding carboxylic acids is 1. The fourth-order valence-corrected chi connectivity index (χ4v) is 6.44. The number of ether oxygens (including phenoxy) is 2. The number of alkyl carbamates (subject to hydrolysis) is 1. The SMILES string of the molecule is CCO[Si](CCCNC(=O)OCCCCOc1ccc(/C=C/C(=O)O)c2ccccc12)(OCC)OCC. The van der Waals surface area contributed by atoms with E-state index >= 15 is 0 Å². The van der Waals surface area contributed by atoms with Gasteiger partial charge in [0.2, 0.25) is 0 Å². The summed E-state index contributed by atoms with van der Waals surface area (Å²) < 4.78 is 28.7. The van der Waals surface area contributed by atoms with Gasteiger partial charge in [-0.3, -0.25) is 0 Å². The Kier molecular flexibility index (Phi) is 13.7. The van der Waals surface area contributed by atoms with Crippen LogP contribution in [0.1, 0.15) is 45.6 Å². The van der Waals surface area contributed by atoms with E-state index in [0.29, 0.717) is 64.9 Å². The molecule has 0 aliphatic heterocycles. The number of hydrogen-bond donors (Lipinski definition) is 2. The molecule has 204 valence electrons. The third-order valence-corrected chi connectivity index (χ3v) is 8.53. The van der Waals surface area contributed by atoms with Crippen molar-refractivity contribution in [2.75, 3.05) is 39.6 Å². The minimum Gasteiger partial charge on any atom is -0.493 e. The van der Waals surface area contributed by atoms with Crippen LogP contribution in [0.25, 0.3) is 16.8 Å². The maximum atomic E-state index is 12.0. The van der Waals surface area contributed by atoms with E-state index in [1.54, 1.807) is 6.08 Å². The molecule has 0 aromatic heterocycles. The highest BCUT2D eigenvalue weighted by Gasteiger charge is 2.39. The summed E-state index contributed by atoms with van der Waals surface area (Å²) in [5.41, 5.74) is 0.812. The summed E-state index contributed by atoms with van der Waals surface area (Å²) in [4.78, 5) is 22.8. The Hall–Kier alpha value is -2.92. The number of aliphatic carboxylic acids is 1. The Labute approximate surface area is 220 Å². The molecule has 0 fully saturated rings. The number of nitrogens with one attached hydrogen (secondary N) is 1. The van der Waals surface area contributed by atoms with E-state index in [1.165, 1.54) is 0 Å². The van der Waals surface area contributed by atoms with Gasteiger partial charge in [0.25, 0.3) is 0 Å². The summed E-state index contributed by atoms with van der Waals surface area (Å²) in [6, 6.07) is 12.0. The van der Waals surface area contributed by atoms with Gasteiger partial charge in [0.15, 0.2) is 0 Å². The van der Waals surface area contributed by atoms with Crippen molar-refractivity contribution in [3.8, 4) is 5.75 Å². The van der Waals surface area contributed by atoms with Crippen molar-refractivity contribution >= 4 is 37.7 Å². The van der Waals surface area contributed by atoms with Crippen LogP contribution in [0.2, 0.25) is 6.04 Å². The van der Waals surface area contributed by atoms with Crippen LogP contribution in [-0.2, 0) is 22.8 Å². The van der Waals surface area contributed by atoms with Crippen molar-refractivity contribution in [3.63, 3.8) is 0 Å². The van der Waals surface area contributed by atoms with Gasteiger partial charge in [-0.2, -0.15) is 0 Å². The average molecular weight is 534 g/mol. The summed E-state index contributed by atoms with van der Waals surface area (Å²) in [5, 5.41) is 13.5.